The molecule has 0 aliphatic rings. The molecule has 0 bridgehead atoms. The fourth-order valence-electron chi connectivity index (χ4n) is 1.61. The molecular weight excluding hydrogens is 300 g/mol. The van der Waals surface area contributed by atoms with E-state index in [0.717, 1.165) is 33.8 Å². The monoisotopic (exact) mass is 318 g/mol. The molecule has 96 valence electrons. The van der Waals surface area contributed by atoms with Crippen molar-refractivity contribution in [1.29, 1.82) is 0 Å². The molecule has 1 amide bonds. The molecule has 0 saturated heterocycles. The third-order valence-corrected chi connectivity index (χ3v) is 4.42. The Hall–Kier alpha value is -0.420. The van der Waals surface area contributed by atoms with E-state index in [0.29, 0.717) is 0 Å². The van der Waals surface area contributed by atoms with Crippen molar-refractivity contribution in [3.63, 3.8) is 0 Å². The van der Waals surface area contributed by atoms with Gasteiger partial charge in [0.25, 0.3) is 5.91 Å². The summed E-state index contributed by atoms with van der Waals surface area (Å²) in [5, 5.41) is 4.94. The topological polar surface area (TPSA) is 42.0 Å². The Morgan fingerprint density at radius 1 is 1.53 bits per heavy atom. The summed E-state index contributed by atoms with van der Waals surface area (Å²) in [6.45, 7) is 7.97. The Labute approximate surface area is 115 Å². The van der Waals surface area contributed by atoms with E-state index in [-0.39, 0.29) is 11.4 Å². The number of nitrogens with one attached hydrogen (secondary N) is 1. The Kier molecular flexibility index (Phi) is 5.13. The highest BCUT2D eigenvalue weighted by Crippen LogP contribution is 2.21. The van der Waals surface area contributed by atoms with Crippen molar-refractivity contribution in [3.05, 3.63) is 15.6 Å². The van der Waals surface area contributed by atoms with Crippen molar-refractivity contribution in [2.45, 2.75) is 46.1 Å². The molecule has 1 unspecified atom stereocenters. The van der Waals surface area contributed by atoms with Crippen LogP contribution in [0.5, 0.6) is 0 Å². The first-order valence-electron chi connectivity index (χ1n) is 5.74. The highest BCUT2D eigenvalue weighted by atomic mass is 79.9. The number of carbonyl (C=O) groups is 1. The minimum atomic E-state index is -0.148. The van der Waals surface area contributed by atoms with E-state index < -0.39 is 0 Å². The van der Waals surface area contributed by atoms with Crippen molar-refractivity contribution in [2.75, 3.05) is 5.33 Å². The summed E-state index contributed by atoms with van der Waals surface area (Å²) < 4.78 is 0. The van der Waals surface area contributed by atoms with Gasteiger partial charge >= 0.3 is 0 Å². The number of nitrogens with zero attached hydrogens (tertiary/aromatic N) is 1. The lowest BCUT2D eigenvalue weighted by molar-refractivity contribution is 0.0905. The molecule has 0 radical (unpaired) electrons. The van der Waals surface area contributed by atoms with E-state index in [9.17, 15) is 4.79 Å². The minimum Gasteiger partial charge on any atom is -0.346 e. The van der Waals surface area contributed by atoms with Crippen LogP contribution in [0.2, 0.25) is 0 Å². The standard InChI is InChI=1S/C12H19BrN2OS/c1-5-12(4,6-7-13)15-11(16)10-8(2)14-9(3)17-10/h5-7H2,1-4H3,(H,15,16). The van der Waals surface area contributed by atoms with E-state index in [1.165, 1.54) is 11.3 Å². The molecule has 0 spiro atoms. The number of hydrogen-bond donors (Lipinski definition) is 1. The molecule has 0 saturated carbocycles. The average molecular weight is 319 g/mol. The second kappa shape index (κ2) is 5.96. The van der Waals surface area contributed by atoms with E-state index in [4.69, 9.17) is 0 Å². The van der Waals surface area contributed by atoms with Crippen LogP contribution in [0.1, 0.15) is 47.1 Å². The number of aromatic nitrogens is 1. The maximum Gasteiger partial charge on any atom is 0.263 e. The molecule has 1 aromatic heterocycles. The SMILES string of the molecule is CCC(C)(CCBr)NC(=O)c1sc(C)nc1C. The summed E-state index contributed by atoms with van der Waals surface area (Å²) in [5.74, 6) is -0.00148. The number of aryl methyl sites for hydroxylation is 2. The molecule has 1 rings (SSSR count). The predicted molar refractivity (Wildman–Crippen MR) is 76.2 cm³/mol. The number of hydrogen-bond acceptors (Lipinski definition) is 3. The van der Waals surface area contributed by atoms with Crippen LogP contribution in [0.25, 0.3) is 0 Å². The molecule has 1 heterocycles. The van der Waals surface area contributed by atoms with E-state index in [2.05, 4.69) is 40.1 Å². The zero-order chi connectivity index (χ0) is 13.1. The quantitative estimate of drug-likeness (QED) is 0.845. The van der Waals surface area contributed by atoms with Crippen LogP contribution in [0.15, 0.2) is 0 Å². The fraction of sp³-hybridized carbons (Fsp3) is 0.667. The molecule has 3 nitrogen and oxygen atoms in total. The maximum absolute atomic E-state index is 12.2. The summed E-state index contributed by atoms with van der Waals surface area (Å²) in [6, 6.07) is 0. The molecule has 0 aliphatic heterocycles. The van der Waals surface area contributed by atoms with Gasteiger partial charge in [-0.3, -0.25) is 4.79 Å². The molecule has 0 fully saturated rings. The van der Waals surface area contributed by atoms with Crippen LogP contribution in [-0.4, -0.2) is 21.8 Å². The summed E-state index contributed by atoms with van der Waals surface area (Å²) in [4.78, 5) is 17.2. The van der Waals surface area contributed by atoms with Crippen molar-refractivity contribution in [1.82, 2.24) is 10.3 Å². The van der Waals surface area contributed by atoms with E-state index >= 15 is 0 Å². The largest absolute Gasteiger partial charge is 0.346 e. The van der Waals surface area contributed by atoms with Gasteiger partial charge in [-0.1, -0.05) is 22.9 Å². The lowest BCUT2D eigenvalue weighted by Crippen LogP contribution is -2.45. The molecule has 0 aliphatic carbocycles. The number of thiazole rings is 1. The number of amides is 1. The smallest absolute Gasteiger partial charge is 0.263 e. The summed E-state index contributed by atoms with van der Waals surface area (Å²) in [7, 11) is 0. The molecule has 1 N–H and O–H groups in total. The average Bonchev–Trinajstić information content (AvgIpc) is 2.58. The molecule has 1 aromatic rings. The van der Waals surface area contributed by atoms with Crippen LogP contribution in [0.3, 0.4) is 0 Å². The minimum absolute atomic E-state index is 0.00148. The molecule has 5 heteroatoms. The summed E-state index contributed by atoms with van der Waals surface area (Å²) >= 11 is 4.89. The van der Waals surface area contributed by atoms with Crippen molar-refractivity contribution in [2.24, 2.45) is 0 Å². The number of halogens is 1. The zero-order valence-corrected chi connectivity index (χ0v) is 13.2. The van der Waals surface area contributed by atoms with Gasteiger partial charge in [-0.25, -0.2) is 4.98 Å². The second-order valence-corrected chi connectivity index (χ2v) is 6.45. The highest BCUT2D eigenvalue weighted by molar-refractivity contribution is 9.09. The van der Waals surface area contributed by atoms with Crippen molar-refractivity contribution in [3.8, 4) is 0 Å². The van der Waals surface area contributed by atoms with Crippen LogP contribution < -0.4 is 5.32 Å². The van der Waals surface area contributed by atoms with Gasteiger partial charge in [-0.05, 0) is 33.6 Å². The van der Waals surface area contributed by atoms with Gasteiger partial charge < -0.3 is 5.32 Å². The number of alkyl halides is 1. The van der Waals surface area contributed by atoms with E-state index in [1.807, 2.05) is 13.8 Å². The highest BCUT2D eigenvalue weighted by Gasteiger charge is 2.25. The van der Waals surface area contributed by atoms with Gasteiger partial charge in [0, 0.05) is 10.9 Å². The Balaban J connectivity index is 2.81. The van der Waals surface area contributed by atoms with Gasteiger partial charge in [-0.15, -0.1) is 11.3 Å². The van der Waals surface area contributed by atoms with Crippen molar-refractivity contribution < 1.29 is 4.79 Å². The van der Waals surface area contributed by atoms with Crippen LogP contribution in [-0.2, 0) is 0 Å². The lowest BCUT2D eigenvalue weighted by atomic mass is 9.95. The predicted octanol–water partition coefficient (Wildman–Crippen LogP) is 3.44. The first kappa shape index (κ1) is 14.6. The molecule has 17 heavy (non-hydrogen) atoms. The van der Waals surface area contributed by atoms with Gasteiger partial charge in [0.05, 0.1) is 10.7 Å². The zero-order valence-electron chi connectivity index (χ0n) is 10.8. The molecule has 1 atom stereocenters. The summed E-state index contributed by atoms with van der Waals surface area (Å²) in [5.41, 5.74) is 0.674. The fourth-order valence-corrected chi connectivity index (χ4v) is 3.30. The number of carbonyl (C=O) groups excluding carboxylic acids is 1. The van der Waals surface area contributed by atoms with Crippen molar-refractivity contribution >= 4 is 33.2 Å². The van der Waals surface area contributed by atoms with Crippen LogP contribution in [0.4, 0.5) is 0 Å². The Morgan fingerprint density at radius 3 is 2.59 bits per heavy atom. The third-order valence-electron chi connectivity index (χ3n) is 2.95. The second-order valence-electron chi connectivity index (χ2n) is 4.45. The van der Waals surface area contributed by atoms with Gasteiger partial charge in [0.2, 0.25) is 0 Å². The van der Waals surface area contributed by atoms with Crippen LogP contribution >= 0.6 is 27.3 Å². The van der Waals surface area contributed by atoms with Crippen LogP contribution in [0, 0.1) is 13.8 Å². The molecule has 0 aromatic carbocycles. The van der Waals surface area contributed by atoms with E-state index in [1.54, 1.807) is 0 Å². The van der Waals surface area contributed by atoms with Gasteiger partial charge in [-0.2, -0.15) is 0 Å². The lowest BCUT2D eigenvalue weighted by Gasteiger charge is -2.28. The number of rotatable bonds is 5. The Bertz CT molecular complexity index is 405. The normalized spacial score (nSPS) is 14.4. The van der Waals surface area contributed by atoms with Gasteiger partial charge in [0.15, 0.2) is 0 Å². The first-order chi connectivity index (χ1) is 7.91. The third kappa shape index (κ3) is 3.78. The Morgan fingerprint density at radius 2 is 2.18 bits per heavy atom. The maximum atomic E-state index is 12.2. The van der Waals surface area contributed by atoms with Gasteiger partial charge in [0.1, 0.15) is 4.88 Å². The molecular formula is C12H19BrN2OS. The summed E-state index contributed by atoms with van der Waals surface area (Å²) in [6.07, 6.45) is 1.84. The first-order valence-corrected chi connectivity index (χ1v) is 7.68.